The monoisotopic (exact) mass is 813 g/mol. The Bertz CT molecular complexity index is 1660. The van der Waals surface area contributed by atoms with Gasteiger partial charge in [0.15, 0.2) is 11.5 Å². The molecular formula is C52H80N2O5. The number of ether oxygens (including phenoxy) is 3. The summed E-state index contributed by atoms with van der Waals surface area (Å²) in [5, 5.41) is 3.02. The van der Waals surface area contributed by atoms with Crippen LogP contribution in [-0.2, 0) is 14.9 Å². The van der Waals surface area contributed by atoms with Crippen molar-refractivity contribution in [1.82, 2.24) is 4.90 Å². The molecule has 1 spiro atoms. The fourth-order valence-corrected chi connectivity index (χ4v) is 11.2. The number of esters is 1. The topological polar surface area (TPSA) is 77.1 Å². The lowest BCUT2D eigenvalue weighted by Crippen LogP contribution is -2.59. The second kappa shape index (κ2) is 20.8. The number of likely N-dealkylation sites (tertiary alicyclic amines) is 1. The number of carbonyl (C=O) groups is 2. The van der Waals surface area contributed by atoms with E-state index in [9.17, 15) is 9.59 Å². The molecule has 0 radical (unpaired) electrons. The van der Waals surface area contributed by atoms with Crippen molar-refractivity contribution in [2.24, 2.45) is 29.1 Å². The van der Waals surface area contributed by atoms with Crippen molar-refractivity contribution >= 4 is 17.6 Å². The van der Waals surface area contributed by atoms with E-state index < -0.39 is 5.97 Å². The number of nitrogens with zero attached hydrogens (tertiary/aromatic N) is 1. The van der Waals surface area contributed by atoms with Crippen molar-refractivity contribution in [3.63, 3.8) is 0 Å². The Morgan fingerprint density at radius 1 is 0.898 bits per heavy atom. The van der Waals surface area contributed by atoms with Crippen LogP contribution in [-0.4, -0.2) is 55.2 Å². The van der Waals surface area contributed by atoms with Crippen LogP contribution in [0.5, 0.6) is 11.5 Å². The van der Waals surface area contributed by atoms with Gasteiger partial charge in [0.25, 0.3) is 0 Å². The van der Waals surface area contributed by atoms with Gasteiger partial charge in [-0.1, -0.05) is 118 Å². The van der Waals surface area contributed by atoms with Crippen molar-refractivity contribution in [3.8, 4) is 11.5 Å². The highest BCUT2D eigenvalue weighted by Gasteiger charge is 2.62. The molecule has 328 valence electrons. The van der Waals surface area contributed by atoms with Crippen molar-refractivity contribution in [2.45, 2.75) is 194 Å². The molecule has 7 atom stereocenters. The van der Waals surface area contributed by atoms with Gasteiger partial charge in [0.2, 0.25) is 5.91 Å². The normalized spacial score (nSPS) is 25.9. The first-order valence-corrected chi connectivity index (χ1v) is 24.1. The maximum atomic E-state index is 13.8. The lowest BCUT2D eigenvalue weighted by molar-refractivity contribution is -0.116. The number of unbranched alkanes of at least 4 members (excludes halogenated alkanes) is 12. The molecule has 59 heavy (non-hydrogen) atoms. The molecule has 2 aliphatic carbocycles. The quantitative estimate of drug-likeness (QED) is 0.0768. The number of aryl methyl sites for hydroxylation is 1. The average molecular weight is 813 g/mol. The maximum absolute atomic E-state index is 13.8. The molecule has 1 N–H and O–H groups in total. The largest absolute Gasteiger partial charge is 0.485 e. The van der Waals surface area contributed by atoms with Crippen LogP contribution in [0.25, 0.3) is 0 Å². The number of benzene rings is 2. The Morgan fingerprint density at radius 2 is 1.53 bits per heavy atom. The van der Waals surface area contributed by atoms with Gasteiger partial charge in [-0.25, -0.2) is 4.79 Å². The third-order valence-corrected chi connectivity index (χ3v) is 15.3. The van der Waals surface area contributed by atoms with Crippen LogP contribution in [0.4, 0.5) is 5.69 Å². The summed E-state index contributed by atoms with van der Waals surface area (Å²) in [6.07, 6.45) is 22.9. The van der Waals surface area contributed by atoms with E-state index in [1.165, 1.54) is 101 Å². The van der Waals surface area contributed by atoms with Crippen LogP contribution in [0.2, 0.25) is 0 Å². The summed E-state index contributed by atoms with van der Waals surface area (Å²) < 4.78 is 19.8. The first-order chi connectivity index (χ1) is 28.4. The predicted molar refractivity (Wildman–Crippen MR) is 242 cm³/mol. The number of nitrogens with one attached hydrogen (secondary N) is 1. The van der Waals surface area contributed by atoms with E-state index in [1.54, 1.807) is 24.3 Å². The van der Waals surface area contributed by atoms with Crippen LogP contribution >= 0.6 is 0 Å². The second-order valence-corrected chi connectivity index (χ2v) is 20.3. The molecule has 1 amide bonds. The van der Waals surface area contributed by atoms with Crippen molar-refractivity contribution in [1.29, 1.82) is 0 Å². The summed E-state index contributed by atoms with van der Waals surface area (Å²) >= 11 is 0. The van der Waals surface area contributed by atoms with Gasteiger partial charge < -0.3 is 24.4 Å². The molecule has 2 aromatic rings. The summed E-state index contributed by atoms with van der Waals surface area (Å²) in [4.78, 5) is 29.3. The van der Waals surface area contributed by atoms with Gasteiger partial charge in [-0.05, 0) is 117 Å². The average Bonchev–Trinajstić information content (AvgIpc) is 4.00. The Kier molecular flexibility index (Phi) is 16.1. The molecule has 7 unspecified atom stereocenters. The molecule has 2 saturated carbocycles. The van der Waals surface area contributed by atoms with Crippen LogP contribution in [0.3, 0.4) is 0 Å². The summed E-state index contributed by atoms with van der Waals surface area (Å²) in [5.74, 6) is 2.94. The standard InChI is InChI=1S/C52H80N2O5/c1-9-10-11-12-13-14-15-16-17-18-19-20-21-22-47(55)53-41-28-26-40(27-29-41)50(56)58-44-30-23-36(2)48-49(44)59-46-34-45(57-8)42(37(3)51(5,6)7)33-43-38(4)54(35-39-24-25-39)32-31-52(43,46)48/h23,26-30,37-39,42-43,45-46H,9-22,24-25,31-35H2,1-8H3,(H,53,55). The number of hydrogen-bond donors (Lipinski definition) is 1. The molecule has 7 nitrogen and oxygen atoms in total. The zero-order valence-corrected chi connectivity index (χ0v) is 38.3. The summed E-state index contributed by atoms with van der Waals surface area (Å²) in [6, 6.07) is 11.5. The lowest BCUT2D eigenvalue weighted by Gasteiger charge is -2.52. The van der Waals surface area contributed by atoms with Crippen LogP contribution in [0.15, 0.2) is 36.4 Å². The van der Waals surface area contributed by atoms with E-state index in [1.807, 2.05) is 13.2 Å². The minimum absolute atomic E-state index is 0.0216. The number of amides is 1. The Balaban J connectivity index is 1.07. The van der Waals surface area contributed by atoms with Gasteiger partial charge in [0.1, 0.15) is 6.10 Å². The summed E-state index contributed by atoms with van der Waals surface area (Å²) in [7, 11) is 1.88. The third kappa shape index (κ3) is 11.1. The van der Waals surface area contributed by atoms with Gasteiger partial charge in [-0.15, -0.1) is 0 Å². The highest BCUT2D eigenvalue weighted by molar-refractivity contribution is 5.94. The van der Waals surface area contributed by atoms with Gasteiger partial charge in [0.05, 0.1) is 11.7 Å². The number of methoxy groups -OCH3 is 1. The number of hydrogen-bond acceptors (Lipinski definition) is 6. The Hall–Kier alpha value is -2.90. The molecule has 1 saturated heterocycles. The van der Waals surface area contributed by atoms with Crippen LogP contribution in [0, 0.1) is 36.0 Å². The molecule has 2 heterocycles. The first-order valence-electron chi connectivity index (χ1n) is 24.1. The van der Waals surface area contributed by atoms with Gasteiger partial charge >= 0.3 is 5.97 Å². The van der Waals surface area contributed by atoms with Crippen LogP contribution in [0.1, 0.15) is 185 Å². The van der Waals surface area contributed by atoms with Crippen molar-refractivity contribution in [3.05, 3.63) is 53.1 Å². The first kappa shape index (κ1) is 45.6. The summed E-state index contributed by atoms with van der Waals surface area (Å²) in [5.41, 5.74) is 3.57. The van der Waals surface area contributed by atoms with E-state index in [4.69, 9.17) is 14.2 Å². The molecule has 2 aromatic carbocycles. The second-order valence-electron chi connectivity index (χ2n) is 20.3. The Labute approximate surface area is 358 Å². The summed E-state index contributed by atoms with van der Waals surface area (Å²) in [6.45, 7) is 18.7. The van der Waals surface area contributed by atoms with E-state index in [0.717, 1.165) is 50.3 Å². The fourth-order valence-electron chi connectivity index (χ4n) is 11.2. The minimum atomic E-state index is -0.424. The number of fused-ring (bicyclic) bond motifs is 1. The molecule has 4 aliphatic rings. The number of anilines is 1. The number of carbonyl (C=O) groups excluding carboxylic acids is 2. The maximum Gasteiger partial charge on any atom is 0.343 e. The zero-order valence-electron chi connectivity index (χ0n) is 38.3. The molecule has 0 aromatic heterocycles. The van der Waals surface area contributed by atoms with E-state index in [-0.39, 0.29) is 28.9 Å². The molecule has 6 rings (SSSR count). The molecule has 7 heteroatoms. The highest BCUT2D eigenvalue weighted by Crippen LogP contribution is 2.62. The Morgan fingerprint density at radius 3 is 2.12 bits per heavy atom. The van der Waals surface area contributed by atoms with E-state index in [2.05, 4.69) is 64.7 Å². The highest BCUT2D eigenvalue weighted by atomic mass is 16.6. The lowest BCUT2D eigenvalue weighted by atomic mass is 9.58. The molecule has 2 aliphatic heterocycles. The number of rotatable bonds is 21. The van der Waals surface area contributed by atoms with Crippen LogP contribution < -0.4 is 14.8 Å². The fraction of sp³-hybridized carbons (Fsp3) is 0.731. The van der Waals surface area contributed by atoms with Crippen molar-refractivity contribution < 1.29 is 23.8 Å². The molecule has 0 bridgehead atoms. The van der Waals surface area contributed by atoms with E-state index >= 15 is 0 Å². The SMILES string of the molecule is CCCCCCCCCCCCCCCC(=O)Nc1ccc(C(=O)Oc2ccc(C)c3c2OC2CC(OC)C(C(C)C(C)(C)C)CC4C(C)N(CC5CC5)CCC324)cc1. The third-order valence-electron chi connectivity index (χ3n) is 15.3. The predicted octanol–water partition coefficient (Wildman–Crippen LogP) is 12.9. The smallest absolute Gasteiger partial charge is 0.343 e. The van der Waals surface area contributed by atoms with Crippen molar-refractivity contribution in [2.75, 3.05) is 25.5 Å². The number of piperidine rings is 1. The van der Waals surface area contributed by atoms with E-state index in [0.29, 0.717) is 47.2 Å². The molecule has 3 fully saturated rings. The minimum Gasteiger partial charge on any atom is -0.485 e. The molecular weight excluding hydrogens is 733 g/mol. The van der Waals surface area contributed by atoms with Gasteiger partial charge in [0, 0.05) is 49.2 Å². The zero-order chi connectivity index (χ0) is 42.2. The van der Waals surface area contributed by atoms with Gasteiger partial charge in [-0.3, -0.25) is 4.79 Å². The van der Waals surface area contributed by atoms with Gasteiger partial charge in [-0.2, -0.15) is 0 Å².